The summed E-state index contributed by atoms with van der Waals surface area (Å²) in [5, 5.41) is 21.5. The fourth-order valence-electron chi connectivity index (χ4n) is 11.9. The molecule has 4 N–H and O–H groups in total. The van der Waals surface area contributed by atoms with Gasteiger partial charge in [-0.3, -0.25) is 0 Å². The number of anilines is 3. The van der Waals surface area contributed by atoms with Crippen molar-refractivity contribution in [1.29, 1.82) is 0 Å². The molecule has 4 aliphatic rings. The van der Waals surface area contributed by atoms with E-state index < -0.39 is 30.1 Å². The lowest BCUT2D eigenvalue weighted by molar-refractivity contribution is 0.0247. The van der Waals surface area contributed by atoms with Gasteiger partial charge in [0, 0.05) is 107 Å². The molecule has 6 aromatic carbocycles. The number of likely N-dealkylation sites (N-methyl/N-ethyl adjacent to an activating group) is 2. The van der Waals surface area contributed by atoms with Crippen LogP contribution in [0.15, 0.2) is 211 Å². The van der Waals surface area contributed by atoms with E-state index in [2.05, 4.69) is 40.1 Å². The summed E-state index contributed by atoms with van der Waals surface area (Å²) in [6.45, 7) is 5.45. The summed E-state index contributed by atoms with van der Waals surface area (Å²) >= 11 is 0. The Morgan fingerprint density at radius 2 is 0.840 bits per heavy atom. The molecule has 34 nitrogen and oxygen atoms in total. The summed E-state index contributed by atoms with van der Waals surface area (Å²) in [5.41, 5.74) is 15.1. The third-order valence-electron chi connectivity index (χ3n) is 18.2. The molecule has 0 atom stereocenters. The van der Waals surface area contributed by atoms with E-state index in [1.165, 1.54) is 60.2 Å². The van der Waals surface area contributed by atoms with Crippen molar-refractivity contribution < 1.29 is 86.6 Å². The number of aromatic nitrogens is 9. The topological polar surface area (TPSA) is 412 Å². The fraction of sp³-hybridized carbons (Fsp3) is 0.305. The average molecular weight is 1690 g/mol. The van der Waals surface area contributed by atoms with Gasteiger partial charge in [-0.05, 0) is 79.8 Å². The molecule has 0 radical (unpaired) electrons. The van der Waals surface area contributed by atoms with Crippen molar-refractivity contribution in [2.75, 3.05) is 184 Å². The van der Waals surface area contributed by atoms with Crippen LogP contribution in [0, 0.1) is 0 Å². The van der Waals surface area contributed by atoms with Crippen molar-refractivity contribution in [3.8, 4) is 119 Å². The largest absolute Gasteiger partial charge is 0.490 e. The average Bonchev–Trinajstić information content (AvgIpc) is 1.74. The van der Waals surface area contributed by atoms with Gasteiger partial charge in [-0.25, -0.2) is 59.9 Å². The van der Waals surface area contributed by atoms with Crippen LogP contribution in [0.3, 0.4) is 0 Å². The van der Waals surface area contributed by atoms with E-state index in [-0.39, 0.29) is 60.0 Å². The first-order chi connectivity index (χ1) is 57.6. The number of aliphatic hydroxyl groups excluding tert-OH is 1. The van der Waals surface area contributed by atoms with Crippen LogP contribution in [-0.2, 0) is 58.5 Å². The third kappa shape index (κ3) is 22.2. The molecule has 0 unspecified atom stereocenters. The molecule has 12 bridgehead atoms. The lowest BCUT2D eigenvalue weighted by Gasteiger charge is -2.18. The van der Waals surface area contributed by atoms with Crippen molar-refractivity contribution in [3.05, 3.63) is 182 Å². The minimum atomic E-state index is -3.69. The van der Waals surface area contributed by atoms with E-state index in [9.17, 15) is 25.3 Å². The second kappa shape index (κ2) is 41.2. The predicted molar refractivity (Wildman–Crippen MR) is 443 cm³/mol. The molecule has 12 aromatic rings. The molecule has 6 aromatic heterocycles. The second-order valence-corrected chi connectivity index (χ2v) is 32.7. The first kappa shape index (κ1) is 86.8. The van der Waals surface area contributed by atoms with E-state index in [0.717, 1.165) is 16.7 Å². The molecular formula is C82H91N15O19S3. The highest BCUT2D eigenvalue weighted by Crippen LogP contribution is 2.39. The van der Waals surface area contributed by atoms with Gasteiger partial charge in [-0.2, -0.15) is 8.61 Å². The zero-order chi connectivity index (χ0) is 83.9. The summed E-state index contributed by atoms with van der Waals surface area (Å²) in [5.74, 6) is 4.43. The van der Waals surface area contributed by atoms with Crippen LogP contribution in [0.1, 0.15) is 0 Å². The Kier molecular flexibility index (Phi) is 30.1. The maximum atomic E-state index is 13.1. The Labute approximate surface area is 688 Å². The van der Waals surface area contributed by atoms with Gasteiger partial charge in [0.2, 0.25) is 30.1 Å². The Morgan fingerprint density at radius 1 is 0.462 bits per heavy atom. The lowest BCUT2D eigenvalue weighted by atomic mass is 10.1. The number of fused-ring (bicyclic) bond motifs is 24. The van der Waals surface area contributed by atoms with Gasteiger partial charge in [-0.15, -0.1) is 0 Å². The van der Waals surface area contributed by atoms with Crippen molar-refractivity contribution >= 4 is 47.5 Å². The molecule has 10 heterocycles. The Morgan fingerprint density at radius 3 is 1.29 bits per heavy atom. The highest BCUT2D eigenvalue weighted by atomic mass is 32.2. The number of nitrogens with two attached hydrogens (primary N) is 1. The van der Waals surface area contributed by atoms with Crippen LogP contribution in [0.2, 0.25) is 0 Å². The molecule has 0 saturated carbocycles. The van der Waals surface area contributed by atoms with E-state index in [4.69, 9.17) is 77.0 Å². The number of aliphatic hydroxyl groups is 1. The quantitative estimate of drug-likeness (QED) is 0.0598. The number of hydrogen-bond acceptors (Lipinski definition) is 31. The van der Waals surface area contributed by atoms with Crippen molar-refractivity contribution in [3.63, 3.8) is 0 Å². The smallest absolute Gasteiger partial charge is 0.242 e. The molecule has 0 fully saturated rings. The van der Waals surface area contributed by atoms with E-state index in [1.54, 1.807) is 79.1 Å². The number of sulfonamides is 3. The number of hydrogen-bond donors (Lipinski definition) is 3. The molecule has 0 amide bonds. The molecule has 0 aliphatic carbocycles. The maximum absolute atomic E-state index is 13.1. The number of para-hydroxylation sites is 3. The number of nitrogen functional groups attached to an aromatic ring is 1. The van der Waals surface area contributed by atoms with Gasteiger partial charge in [0.05, 0.1) is 136 Å². The van der Waals surface area contributed by atoms with E-state index in [0.29, 0.717) is 193 Å². The number of nitrogens with zero attached hydrogens (tertiary/aromatic N) is 13. The first-order valence-corrected chi connectivity index (χ1v) is 42.0. The number of ether oxygens (including phenoxy) is 9. The number of benzene rings is 6. The van der Waals surface area contributed by atoms with Crippen molar-refractivity contribution in [2.24, 2.45) is 0 Å². The number of nitrogens with one attached hydrogen (secondary N) is 1. The zero-order valence-electron chi connectivity index (χ0n) is 66.5. The normalized spacial score (nSPS) is 14.9. The van der Waals surface area contributed by atoms with Crippen LogP contribution in [0.5, 0.6) is 17.2 Å². The van der Waals surface area contributed by atoms with E-state index in [1.807, 2.05) is 111 Å². The van der Waals surface area contributed by atoms with Gasteiger partial charge in [0.1, 0.15) is 54.2 Å². The summed E-state index contributed by atoms with van der Waals surface area (Å²) in [6, 6.07) is 47.2. The molecule has 626 valence electrons. The van der Waals surface area contributed by atoms with Gasteiger partial charge in [0.15, 0.2) is 51.8 Å². The van der Waals surface area contributed by atoms with Crippen molar-refractivity contribution in [1.82, 2.24) is 58.7 Å². The second-order valence-electron chi connectivity index (χ2n) is 26.7. The minimum Gasteiger partial charge on any atom is -0.490 e. The third-order valence-corrected chi connectivity index (χ3v) is 23.4. The summed E-state index contributed by atoms with van der Waals surface area (Å²) in [4.78, 5) is 31.9. The first-order valence-electron chi connectivity index (χ1n) is 37.7. The Balaban J connectivity index is 0.000000164. The monoisotopic (exact) mass is 1690 g/mol. The molecule has 0 saturated heterocycles. The number of rotatable bonds is 16. The van der Waals surface area contributed by atoms with Gasteiger partial charge in [0.25, 0.3) is 0 Å². The molecule has 16 rings (SSSR count). The van der Waals surface area contributed by atoms with Crippen LogP contribution < -0.4 is 34.5 Å². The summed E-state index contributed by atoms with van der Waals surface area (Å²) in [6.07, 6.45) is 4.80. The molecule has 119 heavy (non-hydrogen) atoms. The Bertz CT molecular complexity index is 5690. The Hall–Kier alpha value is -11.6. The predicted octanol–water partition coefficient (Wildman–Crippen LogP) is 9.52. The fourth-order valence-corrected chi connectivity index (χ4v) is 14.9. The molecule has 0 spiro atoms. The lowest BCUT2D eigenvalue weighted by Crippen LogP contribution is -2.30. The molecular weight excluding hydrogens is 1600 g/mol. The van der Waals surface area contributed by atoms with Crippen LogP contribution in [0.4, 0.5) is 17.5 Å². The zero-order valence-corrected chi connectivity index (χ0v) is 68.9. The van der Waals surface area contributed by atoms with Crippen LogP contribution in [-0.4, -0.2) is 252 Å². The van der Waals surface area contributed by atoms with E-state index >= 15 is 0 Å². The summed E-state index contributed by atoms with van der Waals surface area (Å²) in [7, 11) is 0.926. The van der Waals surface area contributed by atoms with Gasteiger partial charge >= 0.3 is 0 Å². The van der Waals surface area contributed by atoms with Crippen molar-refractivity contribution in [2.45, 2.75) is 14.7 Å². The van der Waals surface area contributed by atoms with Crippen LogP contribution in [0.25, 0.3) is 102 Å². The molecule has 37 heteroatoms. The van der Waals surface area contributed by atoms with Gasteiger partial charge in [-0.1, -0.05) is 88.3 Å². The highest BCUT2D eigenvalue weighted by Gasteiger charge is 2.27. The van der Waals surface area contributed by atoms with Crippen LogP contribution >= 0.6 is 0 Å². The summed E-state index contributed by atoms with van der Waals surface area (Å²) < 4.78 is 149. The minimum absolute atomic E-state index is 0.0165. The van der Waals surface area contributed by atoms with Gasteiger partial charge < -0.3 is 76.8 Å². The SMILES string of the molecule is CN(C)c1ncc2nc1-c1cc(no1)-c1ccccc1OCCOCCOCCN(C)S(=O)(=O)c1ccc-2cc1.CN1CCOCCOCCOc2ccccc2-c2cc(on2)-c2nc(cnc2N)-c2ccc(cc2)S1(=O)=O.CNS(=O)(=O)c1ccc(-c2cnc(N(C)C)c(-c3cc(-c4ccccc4OCCOCCOCCO)no3)n2)cc1. The maximum Gasteiger partial charge on any atom is 0.242 e. The highest BCUT2D eigenvalue weighted by molar-refractivity contribution is 7.89. The molecule has 4 aliphatic heterocycles. The standard InChI is InChI=1S/C28H33N5O7S.C28H31N5O6S.C26H27N5O6S/c1-29-41(35,36)21-10-8-20(9-11-21)24-19-30-28(33(2)3)27(31-24)26-18-23(32-40-26)22-6-4-5-7-25(22)39-17-16-38-15-14-37-13-12-34;1-32(2)28-27-26-18-23(31-39-26)22-6-4-5-7-25(22)38-17-16-37-15-14-36-13-12-33(3)40(34,35)21-10-8-20(9-11-21)24(30-27)19-29-28;1-31-10-11-34-12-13-35-14-15-36-23-5-3-2-4-20(23)21-16-24(37-30-21)25-26(27)28-17-22(29-25)18-6-8-19(9-7-18)38(31,32)33/h4-11,18-19,29,34H,12-17H2,1-3H3;4-11,18-19H,12-17H2,1-3H3;2-9,16-17H,10-15H2,1H3,(H2,27,28).